The summed E-state index contributed by atoms with van der Waals surface area (Å²) in [6.07, 6.45) is 17.3. The van der Waals surface area contributed by atoms with Crippen LogP contribution in [0.3, 0.4) is 0 Å². The summed E-state index contributed by atoms with van der Waals surface area (Å²) in [6.45, 7) is 2.27. The van der Waals surface area contributed by atoms with Crippen LogP contribution in [0.1, 0.15) is 96.8 Å². The standard InChI is InChI=1S/C16H33ClO2/c1-2-3-4-5-6-7-8-9-10-11-12-13-14-15-16(18)19-17/h16,18H,2-15H2,1H3. The molecule has 0 aliphatic carbocycles. The summed E-state index contributed by atoms with van der Waals surface area (Å²) in [4.78, 5) is 0. The lowest BCUT2D eigenvalue weighted by Crippen LogP contribution is -2.04. The van der Waals surface area contributed by atoms with E-state index in [1.807, 2.05) is 0 Å². The van der Waals surface area contributed by atoms with Crippen molar-refractivity contribution in [1.29, 1.82) is 0 Å². The number of rotatable bonds is 15. The Kier molecular flexibility index (Phi) is 16.4. The van der Waals surface area contributed by atoms with Gasteiger partial charge in [-0.3, -0.25) is 0 Å². The van der Waals surface area contributed by atoms with Crippen molar-refractivity contribution in [3.8, 4) is 0 Å². The minimum atomic E-state index is -0.783. The maximum absolute atomic E-state index is 9.08. The summed E-state index contributed by atoms with van der Waals surface area (Å²) in [6, 6.07) is 0. The highest BCUT2D eigenvalue weighted by atomic mass is 35.5. The third-order valence-electron chi connectivity index (χ3n) is 3.66. The van der Waals surface area contributed by atoms with Crippen molar-refractivity contribution in [2.24, 2.45) is 0 Å². The Balaban J connectivity index is 2.95. The van der Waals surface area contributed by atoms with Gasteiger partial charge in [0, 0.05) is 0 Å². The van der Waals surface area contributed by atoms with Crippen LogP contribution >= 0.6 is 11.9 Å². The Morgan fingerprint density at radius 3 is 1.47 bits per heavy atom. The number of aliphatic hydroxyl groups excluding tert-OH is 1. The number of unbranched alkanes of at least 4 members (excludes halogenated alkanes) is 12. The number of halogens is 1. The van der Waals surface area contributed by atoms with Gasteiger partial charge in [-0.15, -0.1) is 0 Å². The third kappa shape index (κ3) is 16.2. The average molecular weight is 293 g/mol. The summed E-state index contributed by atoms with van der Waals surface area (Å²) in [5.41, 5.74) is 0. The predicted octanol–water partition coefficient (Wildman–Crippen LogP) is 5.96. The van der Waals surface area contributed by atoms with Crippen molar-refractivity contribution < 1.29 is 9.40 Å². The van der Waals surface area contributed by atoms with Crippen molar-refractivity contribution in [1.82, 2.24) is 0 Å². The van der Waals surface area contributed by atoms with Gasteiger partial charge in [0.2, 0.25) is 0 Å². The van der Waals surface area contributed by atoms with E-state index in [4.69, 9.17) is 17.0 Å². The lowest BCUT2D eigenvalue weighted by atomic mass is 10.0. The second-order valence-corrected chi connectivity index (χ2v) is 5.75. The molecular formula is C16H33ClO2. The van der Waals surface area contributed by atoms with E-state index in [0.29, 0.717) is 6.42 Å². The van der Waals surface area contributed by atoms with E-state index in [0.717, 1.165) is 6.42 Å². The Morgan fingerprint density at radius 2 is 1.11 bits per heavy atom. The molecule has 0 aromatic carbocycles. The molecule has 0 aromatic rings. The van der Waals surface area contributed by atoms with Crippen molar-refractivity contribution >= 4 is 11.9 Å². The van der Waals surface area contributed by atoms with Crippen LogP contribution in [0.25, 0.3) is 0 Å². The van der Waals surface area contributed by atoms with Gasteiger partial charge < -0.3 is 5.11 Å². The monoisotopic (exact) mass is 292 g/mol. The van der Waals surface area contributed by atoms with Crippen LogP contribution in [-0.4, -0.2) is 11.4 Å². The highest BCUT2D eigenvalue weighted by Gasteiger charge is 2.01. The first-order valence-corrected chi connectivity index (χ1v) is 8.57. The summed E-state index contributed by atoms with van der Waals surface area (Å²) < 4.78 is 4.28. The Bertz CT molecular complexity index is 165. The molecule has 116 valence electrons. The maximum Gasteiger partial charge on any atom is 0.174 e. The molecule has 19 heavy (non-hydrogen) atoms. The van der Waals surface area contributed by atoms with E-state index in [1.54, 1.807) is 0 Å². The third-order valence-corrected chi connectivity index (χ3v) is 3.86. The molecule has 0 amide bonds. The van der Waals surface area contributed by atoms with Gasteiger partial charge in [0.25, 0.3) is 0 Å². The van der Waals surface area contributed by atoms with E-state index in [2.05, 4.69) is 11.2 Å². The first kappa shape index (κ1) is 19.2. The maximum atomic E-state index is 9.08. The Labute approximate surface area is 125 Å². The predicted molar refractivity (Wildman–Crippen MR) is 83.3 cm³/mol. The Morgan fingerprint density at radius 1 is 0.737 bits per heavy atom. The molecule has 0 saturated carbocycles. The molecule has 1 unspecified atom stereocenters. The molecule has 3 heteroatoms. The second-order valence-electron chi connectivity index (χ2n) is 5.58. The molecule has 0 heterocycles. The number of hydrogen-bond acceptors (Lipinski definition) is 2. The molecule has 1 N–H and O–H groups in total. The van der Waals surface area contributed by atoms with Crippen LogP contribution < -0.4 is 0 Å². The van der Waals surface area contributed by atoms with Crippen molar-refractivity contribution in [3.63, 3.8) is 0 Å². The summed E-state index contributed by atoms with van der Waals surface area (Å²) in [7, 11) is 0. The van der Waals surface area contributed by atoms with Crippen LogP contribution in [0.2, 0.25) is 0 Å². The van der Waals surface area contributed by atoms with E-state index in [9.17, 15) is 0 Å². The number of hydrogen-bond donors (Lipinski definition) is 1. The van der Waals surface area contributed by atoms with Crippen LogP contribution in [-0.2, 0) is 4.29 Å². The zero-order valence-electron chi connectivity index (χ0n) is 12.7. The average Bonchev–Trinajstić information content (AvgIpc) is 2.43. The Hall–Kier alpha value is 0.210. The van der Waals surface area contributed by atoms with Gasteiger partial charge >= 0.3 is 0 Å². The molecule has 0 radical (unpaired) electrons. The largest absolute Gasteiger partial charge is 0.367 e. The quantitative estimate of drug-likeness (QED) is 0.298. The minimum absolute atomic E-state index is 0.654. The fourth-order valence-electron chi connectivity index (χ4n) is 2.38. The first-order chi connectivity index (χ1) is 9.31. The van der Waals surface area contributed by atoms with Crippen LogP contribution in [0.5, 0.6) is 0 Å². The molecule has 0 fully saturated rings. The molecule has 0 rings (SSSR count). The van der Waals surface area contributed by atoms with Crippen LogP contribution in [0.15, 0.2) is 0 Å². The molecule has 1 atom stereocenters. The zero-order valence-corrected chi connectivity index (χ0v) is 13.5. The van der Waals surface area contributed by atoms with Gasteiger partial charge in [-0.1, -0.05) is 84.0 Å². The zero-order chi connectivity index (χ0) is 14.2. The van der Waals surface area contributed by atoms with Crippen molar-refractivity contribution in [2.45, 2.75) is 103 Å². The highest BCUT2D eigenvalue weighted by Crippen LogP contribution is 2.13. The molecule has 0 aromatic heterocycles. The molecule has 0 aliphatic heterocycles. The molecule has 0 bridgehead atoms. The summed E-state index contributed by atoms with van der Waals surface area (Å²) in [5.74, 6) is 0. The fourth-order valence-corrected chi connectivity index (χ4v) is 2.47. The smallest absolute Gasteiger partial charge is 0.174 e. The van der Waals surface area contributed by atoms with E-state index in [-0.39, 0.29) is 0 Å². The van der Waals surface area contributed by atoms with Crippen molar-refractivity contribution in [3.05, 3.63) is 0 Å². The highest BCUT2D eigenvalue weighted by molar-refractivity contribution is 6.07. The van der Waals surface area contributed by atoms with Gasteiger partial charge in [-0.25, -0.2) is 4.29 Å². The minimum Gasteiger partial charge on any atom is -0.367 e. The van der Waals surface area contributed by atoms with Gasteiger partial charge in [-0.2, -0.15) is 0 Å². The summed E-state index contributed by atoms with van der Waals surface area (Å²) in [5, 5.41) is 9.08. The van der Waals surface area contributed by atoms with E-state index < -0.39 is 6.29 Å². The lowest BCUT2D eigenvalue weighted by Gasteiger charge is -2.05. The first-order valence-electron chi connectivity index (χ1n) is 8.26. The molecule has 0 spiro atoms. The summed E-state index contributed by atoms with van der Waals surface area (Å²) >= 11 is 5.05. The normalized spacial score (nSPS) is 12.8. The van der Waals surface area contributed by atoms with E-state index >= 15 is 0 Å². The van der Waals surface area contributed by atoms with Crippen LogP contribution in [0.4, 0.5) is 0 Å². The van der Waals surface area contributed by atoms with Gasteiger partial charge in [-0.05, 0) is 12.8 Å². The van der Waals surface area contributed by atoms with Crippen LogP contribution in [0, 0.1) is 0 Å². The molecule has 0 saturated heterocycles. The molecule has 2 nitrogen and oxygen atoms in total. The van der Waals surface area contributed by atoms with E-state index in [1.165, 1.54) is 77.0 Å². The molecular weight excluding hydrogens is 260 g/mol. The van der Waals surface area contributed by atoms with Crippen molar-refractivity contribution in [2.75, 3.05) is 0 Å². The lowest BCUT2D eigenvalue weighted by molar-refractivity contribution is -0.0180. The second kappa shape index (κ2) is 16.3. The van der Waals surface area contributed by atoms with Gasteiger partial charge in [0.15, 0.2) is 6.29 Å². The topological polar surface area (TPSA) is 29.5 Å². The number of aliphatic hydroxyl groups is 1. The SMILES string of the molecule is CCCCCCCCCCCCCCCC(O)OCl. The fraction of sp³-hybridized carbons (Fsp3) is 1.00. The van der Waals surface area contributed by atoms with Gasteiger partial charge in [0.1, 0.15) is 0 Å². The molecule has 0 aliphatic rings. The van der Waals surface area contributed by atoms with Gasteiger partial charge in [0.05, 0.1) is 11.9 Å².